The van der Waals surface area contributed by atoms with E-state index in [4.69, 9.17) is 15.7 Å². The Morgan fingerprint density at radius 3 is 2.95 bits per heavy atom. The summed E-state index contributed by atoms with van der Waals surface area (Å²) in [6.07, 6.45) is 1.41. The molecule has 0 aromatic heterocycles. The molecular weight excluding hydrogens is 261 g/mol. The van der Waals surface area contributed by atoms with Crippen LogP contribution in [0.1, 0.15) is 18.9 Å². The first kappa shape index (κ1) is 15.9. The fourth-order valence-electron chi connectivity index (χ4n) is 1.57. The van der Waals surface area contributed by atoms with Crippen molar-refractivity contribution in [3.05, 3.63) is 29.6 Å². The minimum absolute atomic E-state index is 0.00192. The molecule has 0 heterocycles. The largest absolute Gasteiger partial charge is 0.481 e. The monoisotopic (exact) mass is 279 g/mol. The predicted molar refractivity (Wildman–Crippen MR) is 72.5 cm³/mol. The van der Waals surface area contributed by atoms with Crippen LogP contribution < -0.4 is 15.8 Å². The van der Waals surface area contributed by atoms with Crippen molar-refractivity contribution in [1.82, 2.24) is 5.32 Å². The average molecular weight is 279 g/mol. The zero-order chi connectivity index (χ0) is 15.0. The molecule has 1 rings (SSSR count). The standard InChI is InChI=1S/C14H18FN3O2/c1-2-11(17)7-10-3-4-13(12(15)8-10)20-9-14(19)18-6-5-16/h3-4,8,11H,2,6-7,9,17H2,1H3,(H,18,19). The number of nitrogens with zero attached hydrogens (tertiary/aromatic N) is 1. The number of halogens is 1. The van der Waals surface area contributed by atoms with Crippen molar-refractivity contribution in [2.45, 2.75) is 25.8 Å². The van der Waals surface area contributed by atoms with Crippen LogP contribution in [0, 0.1) is 17.1 Å². The fourth-order valence-corrected chi connectivity index (χ4v) is 1.57. The molecule has 5 nitrogen and oxygen atoms in total. The number of benzene rings is 1. The van der Waals surface area contributed by atoms with Gasteiger partial charge in [-0.1, -0.05) is 13.0 Å². The van der Waals surface area contributed by atoms with Crippen molar-refractivity contribution in [2.75, 3.05) is 13.2 Å². The van der Waals surface area contributed by atoms with Crippen LogP contribution in [0.15, 0.2) is 18.2 Å². The molecule has 1 atom stereocenters. The van der Waals surface area contributed by atoms with E-state index in [1.165, 1.54) is 12.1 Å². The quantitative estimate of drug-likeness (QED) is 0.732. The smallest absolute Gasteiger partial charge is 0.258 e. The van der Waals surface area contributed by atoms with Gasteiger partial charge < -0.3 is 15.8 Å². The van der Waals surface area contributed by atoms with Crippen molar-refractivity contribution in [1.29, 1.82) is 5.26 Å². The van der Waals surface area contributed by atoms with E-state index in [-0.39, 0.29) is 24.9 Å². The third-order valence-corrected chi connectivity index (χ3v) is 2.74. The third kappa shape index (κ3) is 5.24. The second-order valence-electron chi connectivity index (χ2n) is 4.36. The number of carbonyl (C=O) groups is 1. The number of hydrogen-bond acceptors (Lipinski definition) is 4. The van der Waals surface area contributed by atoms with Gasteiger partial charge in [0.15, 0.2) is 18.2 Å². The molecule has 0 aliphatic heterocycles. The lowest BCUT2D eigenvalue weighted by Crippen LogP contribution is -2.29. The molecule has 1 aromatic rings. The molecule has 0 fully saturated rings. The Bertz CT molecular complexity index is 500. The van der Waals surface area contributed by atoms with Crippen LogP contribution in [-0.2, 0) is 11.2 Å². The highest BCUT2D eigenvalue weighted by Crippen LogP contribution is 2.19. The van der Waals surface area contributed by atoms with E-state index in [9.17, 15) is 9.18 Å². The summed E-state index contributed by atoms with van der Waals surface area (Å²) in [6, 6.07) is 6.32. The van der Waals surface area contributed by atoms with Crippen molar-refractivity contribution in [3.63, 3.8) is 0 Å². The number of ether oxygens (including phenoxy) is 1. The van der Waals surface area contributed by atoms with E-state index < -0.39 is 11.7 Å². The lowest BCUT2D eigenvalue weighted by atomic mass is 10.0. The van der Waals surface area contributed by atoms with Crippen molar-refractivity contribution in [2.24, 2.45) is 5.73 Å². The molecule has 0 radical (unpaired) electrons. The maximum absolute atomic E-state index is 13.8. The molecule has 3 N–H and O–H groups in total. The topological polar surface area (TPSA) is 88.1 Å². The van der Waals surface area contributed by atoms with E-state index in [1.54, 1.807) is 12.1 Å². The molecule has 0 aliphatic carbocycles. The average Bonchev–Trinajstić information content (AvgIpc) is 2.44. The summed E-state index contributed by atoms with van der Waals surface area (Å²) >= 11 is 0. The summed E-state index contributed by atoms with van der Waals surface area (Å²) in [5, 5.41) is 10.6. The number of nitriles is 1. The van der Waals surface area contributed by atoms with Crippen LogP contribution in [0.25, 0.3) is 0 Å². The zero-order valence-corrected chi connectivity index (χ0v) is 11.4. The van der Waals surface area contributed by atoms with E-state index in [2.05, 4.69) is 5.32 Å². The summed E-state index contributed by atoms with van der Waals surface area (Å²) in [6.45, 7) is 1.54. The van der Waals surface area contributed by atoms with Gasteiger partial charge in [0.05, 0.1) is 6.07 Å². The normalized spacial score (nSPS) is 11.5. The molecule has 1 amide bonds. The maximum Gasteiger partial charge on any atom is 0.258 e. The van der Waals surface area contributed by atoms with Crippen molar-refractivity contribution < 1.29 is 13.9 Å². The molecule has 20 heavy (non-hydrogen) atoms. The van der Waals surface area contributed by atoms with Crippen molar-refractivity contribution in [3.8, 4) is 11.8 Å². The highest BCUT2D eigenvalue weighted by Gasteiger charge is 2.09. The van der Waals surface area contributed by atoms with Gasteiger partial charge in [-0.3, -0.25) is 4.79 Å². The Labute approximate surface area is 117 Å². The fraction of sp³-hybridized carbons (Fsp3) is 0.429. The van der Waals surface area contributed by atoms with E-state index in [0.717, 1.165) is 12.0 Å². The van der Waals surface area contributed by atoms with Crippen LogP contribution in [0.2, 0.25) is 0 Å². The van der Waals surface area contributed by atoms with Gasteiger partial charge in [0.2, 0.25) is 0 Å². The van der Waals surface area contributed by atoms with Gasteiger partial charge in [0, 0.05) is 6.04 Å². The second-order valence-corrected chi connectivity index (χ2v) is 4.36. The molecule has 0 saturated heterocycles. The predicted octanol–water partition coefficient (Wildman–Crippen LogP) is 1.12. The van der Waals surface area contributed by atoms with E-state index >= 15 is 0 Å². The van der Waals surface area contributed by atoms with Gasteiger partial charge in [-0.15, -0.1) is 0 Å². The molecular formula is C14H18FN3O2. The summed E-state index contributed by atoms with van der Waals surface area (Å²) < 4.78 is 18.8. The molecule has 6 heteroatoms. The second kappa shape index (κ2) is 8.12. The minimum Gasteiger partial charge on any atom is -0.481 e. The summed E-state index contributed by atoms with van der Waals surface area (Å²) in [5.74, 6) is -0.993. The molecule has 108 valence electrons. The molecule has 0 bridgehead atoms. The number of carbonyl (C=O) groups excluding carboxylic acids is 1. The van der Waals surface area contributed by atoms with Gasteiger partial charge in [-0.05, 0) is 30.5 Å². The molecule has 1 aromatic carbocycles. The first-order valence-electron chi connectivity index (χ1n) is 6.37. The summed E-state index contributed by atoms with van der Waals surface area (Å²) in [7, 11) is 0. The van der Waals surface area contributed by atoms with Gasteiger partial charge in [0.1, 0.15) is 6.54 Å². The Morgan fingerprint density at radius 2 is 2.35 bits per heavy atom. The Balaban J connectivity index is 2.56. The van der Waals surface area contributed by atoms with Crippen LogP contribution in [0.3, 0.4) is 0 Å². The summed E-state index contributed by atoms with van der Waals surface area (Å²) in [5.41, 5.74) is 6.59. The third-order valence-electron chi connectivity index (χ3n) is 2.74. The van der Waals surface area contributed by atoms with Crippen LogP contribution in [0.5, 0.6) is 5.75 Å². The molecule has 0 saturated carbocycles. The molecule has 0 aliphatic rings. The molecule has 0 spiro atoms. The lowest BCUT2D eigenvalue weighted by molar-refractivity contribution is -0.122. The maximum atomic E-state index is 13.8. The van der Waals surface area contributed by atoms with E-state index in [0.29, 0.717) is 6.42 Å². The molecule has 1 unspecified atom stereocenters. The van der Waals surface area contributed by atoms with Gasteiger partial charge in [0.25, 0.3) is 5.91 Å². The minimum atomic E-state index is -0.529. The Hall–Kier alpha value is -2.13. The Morgan fingerprint density at radius 1 is 1.60 bits per heavy atom. The van der Waals surface area contributed by atoms with E-state index in [1.807, 2.05) is 6.92 Å². The number of nitrogens with one attached hydrogen (secondary N) is 1. The number of rotatable bonds is 7. The first-order valence-corrected chi connectivity index (χ1v) is 6.37. The SMILES string of the molecule is CCC(N)Cc1ccc(OCC(=O)NCC#N)c(F)c1. The highest BCUT2D eigenvalue weighted by atomic mass is 19.1. The highest BCUT2D eigenvalue weighted by molar-refractivity contribution is 5.77. The number of amides is 1. The Kier molecular flexibility index (Phi) is 6.47. The van der Waals surface area contributed by atoms with Crippen LogP contribution in [0.4, 0.5) is 4.39 Å². The summed E-state index contributed by atoms with van der Waals surface area (Å²) in [4.78, 5) is 11.2. The number of nitrogens with two attached hydrogens (primary N) is 1. The van der Waals surface area contributed by atoms with Crippen LogP contribution in [-0.4, -0.2) is 25.1 Å². The number of hydrogen-bond donors (Lipinski definition) is 2. The van der Waals surface area contributed by atoms with Gasteiger partial charge >= 0.3 is 0 Å². The van der Waals surface area contributed by atoms with Crippen LogP contribution >= 0.6 is 0 Å². The van der Waals surface area contributed by atoms with Crippen molar-refractivity contribution >= 4 is 5.91 Å². The van der Waals surface area contributed by atoms with Gasteiger partial charge in [-0.2, -0.15) is 5.26 Å². The lowest BCUT2D eigenvalue weighted by Gasteiger charge is -2.11. The zero-order valence-electron chi connectivity index (χ0n) is 11.4. The van der Waals surface area contributed by atoms with Gasteiger partial charge in [-0.25, -0.2) is 4.39 Å². The first-order chi connectivity index (χ1) is 9.56.